The second-order valence-electron chi connectivity index (χ2n) is 5.07. The molecule has 1 fully saturated rings. The van der Waals surface area contributed by atoms with E-state index in [9.17, 15) is 9.59 Å². The number of carbonyl (C=O) groups is 2. The van der Waals surface area contributed by atoms with Crippen LogP contribution in [0.5, 0.6) is 0 Å². The third-order valence-corrected chi connectivity index (χ3v) is 3.85. The maximum Gasteiger partial charge on any atom is 0.295 e. The molecular weight excluding hydrogens is 242 g/mol. The number of hydrogen-bond donors (Lipinski definition) is 0. The Balaban J connectivity index is 1.77. The van der Waals surface area contributed by atoms with Crippen molar-refractivity contribution in [3.8, 4) is 0 Å². The van der Waals surface area contributed by atoms with Crippen LogP contribution < -0.4 is 0 Å². The Bertz CT molecular complexity index is 518. The van der Waals surface area contributed by atoms with Crippen LogP contribution in [0.1, 0.15) is 27.9 Å². The van der Waals surface area contributed by atoms with Crippen molar-refractivity contribution in [3.05, 3.63) is 34.9 Å². The molecule has 0 unspecified atom stereocenters. The molecule has 100 valence electrons. The van der Waals surface area contributed by atoms with Gasteiger partial charge in [0.1, 0.15) is 0 Å². The summed E-state index contributed by atoms with van der Waals surface area (Å²) >= 11 is 0. The summed E-state index contributed by atoms with van der Waals surface area (Å²) in [6.07, 6.45) is 3.24. The summed E-state index contributed by atoms with van der Waals surface area (Å²) in [5.41, 5.74) is 3.06. The zero-order chi connectivity index (χ0) is 13.2. The number of amides is 1. The van der Waals surface area contributed by atoms with Gasteiger partial charge in [-0.05, 0) is 36.5 Å². The van der Waals surface area contributed by atoms with Crippen LogP contribution in [0, 0.1) is 0 Å². The first-order valence-corrected chi connectivity index (χ1v) is 6.79. The van der Waals surface area contributed by atoms with Gasteiger partial charge in [0.2, 0.25) is 5.78 Å². The van der Waals surface area contributed by atoms with Crippen LogP contribution in [0.3, 0.4) is 0 Å². The number of ether oxygens (including phenoxy) is 1. The Morgan fingerprint density at radius 1 is 1.05 bits per heavy atom. The first-order valence-electron chi connectivity index (χ1n) is 6.79. The normalized spacial score (nSPS) is 18.2. The highest BCUT2D eigenvalue weighted by molar-refractivity contribution is 6.42. The molecule has 3 rings (SSSR count). The molecule has 0 atom stereocenters. The number of fused-ring (bicyclic) bond motifs is 1. The van der Waals surface area contributed by atoms with Crippen LogP contribution in [0.4, 0.5) is 0 Å². The van der Waals surface area contributed by atoms with Gasteiger partial charge in [-0.1, -0.05) is 12.1 Å². The Morgan fingerprint density at radius 2 is 1.79 bits per heavy atom. The molecule has 4 nitrogen and oxygen atoms in total. The molecule has 0 N–H and O–H groups in total. The lowest BCUT2D eigenvalue weighted by atomic mass is 10.0. The maximum atomic E-state index is 12.2. The summed E-state index contributed by atoms with van der Waals surface area (Å²) in [5, 5.41) is 0. The highest BCUT2D eigenvalue weighted by Crippen LogP contribution is 2.23. The number of ketones is 1. The van der Waals surface area contributed by atoms with E-state index in [0.717, 1.165) is 19.3 Å². The fourth-order valence-electron chi connectivity index (χ4n) is 2.75. The van der Waals surface area contributed by atoms with Gasteiger partial charge in [0, 0.05) is 18.7 Å². The number of benzene rings is 1. The second kappa shape index (κ2) is 5.13. The van der Waals surface area contributed by atoms with Crippen LogP contribution in [0.25, 0.3) is 0 Å². The highest BCUT2D eigenvalue weighted by atomic mass is 16.5. The number of morpholine rings is 1. The topological polar surface area (TPSA) is 46.6 Å². The fraction of sp³-hybridized carbons (Fsp3) is 0.467. The second-order valence-corrected chi connectivity index (χ2v) is 5.07. The lowest BCUT2D eigenvalue weighted by molar-refractivity contribution is -0.130. The van der Waals surface area contributed by atoms with Crippen molar-refractivity contribution in [3.63, 3.8) is 0 Å². The number of Topliss-reactive ketones (excluding diaryl/α,β-unsaturated/α-hetero) is 1. The van der Waals surface area contributed by atoms with Crippen molar-refractivity contribution in [2.24, 2.45) is 0 Å². The molecule has 1 aliphatic carbocycles. The van der Waals surface area contributed by atoms with Gasteiger partial charge in [0.25, 0.3) is 5.91 Å². The van der Waals surface area contributed by atoms with Crippen LogP contribution in [-0.2, 0) is 22.4 Å². The SMILES string of the molecule is O=C(C(=O)N1CCOCC1)c1ccc2c(c1)CCC2. The molecule has 1 aromatic carbocycles. The average molecular weight is 259 g/mol. The van der Waals surface area contributed by atoms with E-state index >= 15 is 0 Å². The molecule has 1 heterocycles. The van der Waals surface area contributed by atoms with Crippen LogP contribution in [-0.4, -0.2) is 42.9 Å². The monoisotopic (exact) mass is 259 g/mol. The first kappa shape index (κ1) is 12.4. The molecular formula is C15H17NO3. The van der Waals surface area contributed by atoms with E-state index in [-0.39, 0.29) is 0 Å². The molecule has 0 spiro atoms. The predicted octanol–water partition coefficient (Wildman–Crippen LogP) is 1.22. The standard InChI is InChI=1S/C15H17NO3/c17-14(15(18)16-6-8-19-9-7-16)13-5-4-11-2-1-3-12(11)10-13/h4-5,10H,1-3,6-9H2. The zero-order valence-electron chi connectivity index (χ0n) is 10.9. The molecule has 1 aliphatic heterocycles. The largest absolute Gasteiger partial charge is 0.378 e. The van der Waals surface area contributed by atoms with Crippen molar-refractivity contribution in [1.82, 2.24) is 4.90 Å². The molecule has 1 aromatic rings. The van der Waals surface area contributed by atoms with Gasteiger partial charge in [-0.15, -0.1) is 0 Å². The van der Waals surface area contributed by atoms with Gasteiger partial charge in [-0.25, -0.2) is 0 Å². The van der Waals surface area contributed by atoms with Crippen molar-refractivity contribution >= 4 is 11.7 Å². The van der Waals surface area contributed by atoms with Gasteiger partial charge < -0.3 is 9.64 Å². The Kier molecular flexibility index (Phi) is 3.34. The Hall–Kier alpha value is -1.68. The van der Waals surface area contributed by atoms with Gasteiger partial charge in [-0.2, -0.15) is 0 Å². The van der Waals surface area contributed by atoms with E-state index in [1.807, 2.05) is 12.1 Å². The van der Waals surface area contributed by atoms with Crippen LogP contribution in [0.2, 0.25) is 0 Å². The molecule has 2 aliphatic rings. The van der Waals surface area contributed by atoms with Gasteiger partial charge in [0.05, 0.1) is 13.2 Å². The molecule has 0 aromatic heterocycles. The number of carbonyl (C=O) groups excluding carboxylic acids is 2. The summed E-state index contributed by atoms with van der Waals surface area (Å²) in [7, 11) is 0. The molecule has 1 saturated heterocycles. The first-order chi connectivity index (χ1) is 9.25. The van der Waals surface area contributed by atoms with E-state index < -0.39 is 11.7 Å². The van der Waals surface area contributed by atoms with Crippen molar-refractivity contribution < 1.29 is 14.3 Å². The molecule has 0 saturated carbocycles. The summed E-state index contributed by atoms with van der Waals surface area (Å²) in [4.78, 5) is 25.9. The maximum absolute atomic E-state index is 12.2. The summed E-state index contributed by atoms with van der Waals surface area (Å²) < 4.78 is 5.19. The Labute approximate surface area is 112 Å². The van der Waals surface area contributed by atoms with Gasteiger partial charge in [0.15, 0.2) is 0 Å². The fourth-order valence-corrected chi connectivity index (χ4v) is 2.75. The predicted molar refractivity (Wildman–Crippen MR) is 70.2 cm³/mol. The average Bonchev–Trinajstić information content (AvgIpc) is 2.94. The third-order valence-electron chi connectivity index (χ3n) is 3.85. The van der Waals surface area contributed by atoms with Crippen molar-refractivity contribution in [2.45, 2.75) is 19.3 Å². The Morgan fingerprint density at radius 3 is 2.58 bits per heavy atom. The van der Waals surface area contributed by atoms with Crippen LogP contribution in [0.15, 0.2) is 18.2 Å². The molecule has 0 bridgehead atoms. The van der Waals surface area contributed by atoms with E-state index in [1.165, 1.54) is 11.1 Å². The highest BCUT2D eigenvalue weighted by Gasteiger charge is 2.25. The van der Waals surface area contributed by atoms with Gasteiger partial charge >= 0.3 is 0 Å². The minimum absolute atomic E-state index is 0.392. The van der Waals surface area contributed by atoms with E-state index in [2.05, 4.69) is 0 Å². The number of hydrogen-bond acceptors (Lipinski definition) is 3. The van der Waals surface area contributed by atoms with Gasteiger partial charge in [-0.3, -0.25) is 9.59 Å². The van der Waals surface area contributed by atoms with Crippen molar-refractivity contribution in [2.75, 3.05) is 26.3 Å². The number of rotatable bonds is 2. The van der Waals surface area contributed by atoms with E-state index in [1.54, 1.807) is 11.0 Å². The van der Waals surface area contributed by atoms with Crippen LogP contribution >= 0.6 is 0 Å². The number of aryl methyl sites for hydroxylation is 2. The summed E-state index contributed by atoms with van der Waals surface area (Å²) in [6, 6.07) is 5.66. The molecule has 0 radical (unpaired) electrons. The minimum Gasteiger partial charge on any atom is -0.378 e. The lowest BCUT2D eigenvalue weighted by Crippen LogP contribution is -2.44. The molecule has 4 heteroatoms. The third kappa shape index (κ3) is 2.40. The number of nitrogens with zero attached hydrogens (tertiary/aromatic N) is 1. The summed E-state index contributed by atoms with van der Waals surface area (Å²) in [5.74, 6) is -0.794. The molecule has 19 heavy (non-hydrogen) atoms. The summed E-state index contributed by atoms with van der Waals surface area (Å²) in [6.45, 7) is 2.05. The van der Waals surface area contributed by atoms with E-state index in [0.29, 0.717) is 31.9 Å². The van der Waals surface area contributed by atoms with E-state index in [4.69, 9.17) is 4.74 Å². The zero-order valence-corrected chi connectivity index (χ0v) is 10.9. The lowest BCUT2D eigenvalue weighted by Gasteiger charge is -2.26. The quantitative estimate of drug-likeness (QED) is 0.592. The smallest absolute Gasteiger partial charge is 0.295 e. The molecule has 1 amide bonds. The van der Waals surface area contributed by atoms with Crippen molar-refractivity contribution in [1.29, 1.82) is 0 Å². The minimum atomic E-state index is -0.402.